The number of aromatic hydroxyl groups is 1. The second kappa shape index (κ2) is 13.4. The number of aryl methyl sites for hydroxylation is 1. The van der Waals surface area contributed by atoms with Crippen LogP contribution in [-0.2, 0) is 20.0 Å². The van der Waals surface area contributed by atoms with Crippen molar-refractivity contribution in [2.45, 2.75) is 46.1 Å². The van der Waals surface area contributed by atoms with Crippen LogP contribution in [0.4, 0.5) is 10.1 Å². The maximum absolute atomic E-state index is 14.2. The zero-order chi connectivity index (χ0) is 31.5. The first-order valence-electron chi connectivity index (χ1n) is 14.8. The minimum atomic E-state index is -0.823. The van der Waals surface area contributed by atoms with E-state index in [9.17, 15) is 19.1 Å². The number of hydrogen-bond acceptors (Lipinski definition) is 5. The number of amides is 2. The number of anilines is 1. The molecule has 1 aliphatic heterocycles. The normalized spacial score (nSPS) is 13.8. The number of nitrogens with one attached hydrogen (secondary N) is 2. The molecule has 4 aromatic rings. The average Bonchev–Trinajstić information content (AvgIpc) is 3.31. The monoisotopic (exact) mass is 639 g/mol. The molecule has 44 heavy (non-hydrogen) atoms. The molecule has 1 saturated heterocycles. The van der Waals surface area contributed by atoms with Gasteiger partial charge in [-0.05, 0) is 66.6 Å². The van der Waals surface area contributed by atoms with Gasteiger partial charge in [0.05, 0.1) is 32.9 Å². The highest BCUT2D eigenvalue weighted by atomic mass is 35.5. The number of phenols is 1. The number of carbonyl (C=O) groups excluding carboxylic acids is 2. The minimum absolute atomic E-state index is 0.0404. The van der Waals surface area contributed by atoms with Gasteiger partial charge in [0.2, 0.25) is 0 Å². The number of halogens is 3. The summed E-state index contributed by atoms with van der Waals surface area (Å²) in [5.74, 6) is -0.467. The number of carbonyl (C=O) groups is 2. The van der Waals surface area contributed by atoms with Crippen molar-refractivity contribution < 1.29 is 19.1 Å². The van der Waals surface area contributed by atoms with Gasteiger partial charge in [0.1, 0.15) is 17.4 Å². The third-order valence-corrected chi connectivity index (χ3v) is 9.06. The predicted molar refractivity (Wildman–Crippen MR) is 172 cm³/mol. The summed E-state index contributed by atoms with van der Waals surface area (Å²) in [6.07, 6.45) is 3.30. The van der Waals surface area contributed by atoms with Crippen molar-refractivity contribution in [3.05, 3.63) is 86.4 Å². The number of phenolic OH excluding ortho intramolecular Hbond substituents is 1. The van der Waals surface area contributed by atoms with E-state index in [0.29, 0.717) is 57.0 Å². The van der Waals surface area contributed by atoms with Crippen molar-refractivity contribution in [1.82, 2.24) is 20.2 Å². The van der Waals surface area contributed by atoms with E-state index in [4.69, 9.17) is 28.2 Å². The predicted octanol–water partition coefficient (Wildman–Crippen LogP) is 6.62. The van der Waals surface area contributed by atoms with E-state index in [-0.39, 0.29) is 23.8 Å². The second-order valence-electron chi connectivity index (χ2n) is 11.4. The topological polar surface area (TPSA) is 99.5 Å². The van der Waals surface area contributed by atoms with Crippen LogP contribution in [0.15, 0.2) is 42.5 Å². The first-order valence-corrected chi connectivity index (χ1v) is 15.6. The van der Waals surface area contributed by atoms with Crippen LogP contribution in [0.3, 0.4) is 0 Å². The number of benzene rings is 3. The smallest absolute Gasteiger partial charge is 0.254 e. The van der Waals surface area contributed by atoms with Crippen LogP contribution in [-0.4, -0.2) is 46.1 Å². The molecule has 2 amide bonds. The largest absolute Gasteiger partial charge is 0.508 e. The van der Waals surface area contributed by atoms with E-state index in [1.165, 1.54) is 12.1 Å². The Morgan fingerprint density at radius 3 is 2.48 bits per heavy atom. The molecule has 1 aromatic heterocycles. The molecule has 1 fully saturated rings. The quantitative estimate of drug-likeness (QED) is 0.191. The van der Waals surface area contributed by atoms with Crippen molar-refractivity contribution in [3.8, 4) is 5.75 Å². The number of imidazole rings is 1. The molecule has 0 spiro atoms. The Bertz CT molecular complexity index is 1720. The van der Waals surface area contributed by atoms with Gasteiger partial charge in [0.25, 0.3) is 11.8 Å². The number of aromatic nitrogens is 2. The molecule has 5 rings (SSSR count). The molecule has 11 heteroatoms. The molecule has 0 saturated carbocycles. The molecule has 3 N–H and O–H groups in total. The zero-order valence-corrected chi connectivity index (χ0v) is 26.5. The summed E-state index contributed by atoms with van der Waals surface area (Å²) in [5.41, 5.74) is 4.18. The molecule has 0 bridgehead atoms. The standard InChI is InChI=1S/C33H36Cl2FN5O3/c1-4-11-37-33(44)24-15-27-29(17-28(24)41-12-9-19(2)10-13-41)40(3)30(39-27)16-23-25(34)8-5-20(31(23)35)18-38-32(43)22-7-6-21(42)14-26(22)36/h5-8,14-15,17,19,42H,4,9-13,16,18H2,1-3H3,(H,37,44)(H,38,43). The van der Waals surface area contributed by atoms with Crippen LogP contribution < -0.4 is 15.5 Å². The lowest BCUT2D eigenvalue weighted by Crippen LogP contribution is -2.35. The van der Waals surface area contributed by atoms with E-state index in [2.05, 4.69) is 28.5 Å². The van der Waals surface area contributed by atoms with E-state index >= 15 is 0 Å². The molecular weight excluding hydrogens is 604 g/mol. The fourth-order valence-electron chi connectivity index (χ4n) is 5.52. The molecule has 0 unspecified atom stereocenters. The Balaban J connectivity index is 1.44. The molecule has 0 atom stereocenters. The third kappa shape index (κ3) is 6.64. The lowest BCUT2D eigenvalue weighted by molar-refractivity contribution is 0.0941. The van der Waals surface area contributed by atoms with Crippen molar-refractivity contribution in [2.75, 3.05) is 24.5 Å². The Labute approximate surface area is 266 Å². The highest BCUT2D eigenvalue weighted by Crippen LogP contribution is 2.34. The fourth-order valence-corrected chi connectivity index (χ4v) is 6.09. The SMILES string of the molecule is CCCNC(=O)c1cc2nc(Cc3c(Cl)ccc(CNC(=O)c4ccc(O)cc4F)c3Cl)n(C)c2cc1N1CCC(C)CC1. The zero-order valence-electron chi connectivity index (χ0n) is 25.0. The van der Waals surface area contributed by atoms with Gasteiger partial charge in [-0.3, -0.25) is 9.59 Å². The van der Waals surface area contributed by atoms with Gasteiger partial charge in [0.15, 0.2) is 0 Å². The Morgan fingerprint density at radius 2 is 1.77 bits per heavy atom. The number of hydrogen-bond donors (Lipinski definition) is 3. The minimum Gasteiger partial charge on any atom is -0.508 e. The Morgan fingerprint density at radius 1 is 1.05 bits per heavy atom. The molecule has 0 radical (unpaired) electrons. The first-order chi connectivity index (χ1) is 21.1. The summed E-state index contributed by atoms with van der Waals surface area (Å²) < 4.78 is 16.2. The van der Waals surface area contributed by atoms with E-state index in [0.717, 1.165) is 49.6 Å². The molecule has 1 aliphatic rings. The molecule has 0 aliphatic carbocycles. The van der Waals surface area contributed by atoms with Crippen LogP contribution >= 0.6 is 23.2 Å². The molecule has 3 aromatic carbocycles. The summed E-state index contributed by atoms with van der Waals surface area (Å²) in [6.45, 7) is 6.70. The molecular formula is C33H36Cl2FN5O3. The second-order valence-corrected chi connectivity index (χ2v) is 12.2. The van der Waals surface area contributed by atoms with E-state index < -0.39 is 11.7 Å². The van der Waals surface area contributed by atoms with Gasteiger partial charge in [-0.1, -0.05) is 43.1 Å². The lowest BCUT2D eigenvalue weighted by Gasteiger charge is -2.33. The fraction of sp³-hybridized carbons (Fsp3) is 0.364. The van der Waals surface area contributed by atoms with Crippen molar-refractivity contribution in [2.24, 2.45) is 13.0 Å². The third-order valence-electron chi connectivity index (χ3n) is 8.23. The van der Waals surface area contributed by atoms with Gasteiger partial charge in [-0.15, -0.1) is 0 Å². The van der Waals surface area contributed by atoms with Crippen LogP contribution in [0.1, 0.15) is 70.8 Å². The van der Waals surface area contributed by atoms with Gasteiger partial charge in [-0.2, -0.15) is 0 Å². The summed E-state index contributed by atoms with van der Waals surface area (Å²) >= 11 is 13.4. The van der Waals surface area contributed by atoms with Crippen molar-refractivity contribution >= 4 is 51.7 Å². The van der Waals surface area contributed by atoms with E-state index in [1.54, 1.807) is 12.1 Å². The van der Waals surface area contributed by atoms with Crippen LogP contribution in [0, 0.1) is 11.7 Å². The number of piperidine rings is 1. The summed E-state index contributed by atoms with van der Waals surface area (Å²) in [7, 11) is 1.93. The average molecular weight is 641 g/mol. The molecule has 232 valence electrons. The Kier molecular flexibility index (Phi) is 9.65. The first kappa shape index (κ1) is 31.6. The summed E-state index contributed by atoms with van der Waals surface area (Å²) in [4.78, 5) is 33.0. The number of nitrogens with zero attached hydrogens (tertiary/aromatic N) is 3. The summed E-state index contributed by atoms with van der Waals surface area (Å²) in [6, 6.07) is 10.7. The van der Waals surface area contributed by atoms with Gasteiger partial charge >= 0.3 is 0 Å². The van der Waals surface area contributed by atoms with Crippen LogP contribution in [0.2, 0.25) is 10.0 Å². The van der Waals surface area contributed by atoms with Gasteiger partial charge in [-0.25, -0.2) is 9.37 Å². The number of fused-ring (bicyclic) bond motifs is 1. The molecule has 2 heterocycles. The Hall–Kier alpha value is -3.82. The van der Waals surface area contributed by atoms with Crippen LogP contribution in [0.25, 0.3) is 11.0 Å². The van der Waals surface area contributed by atoms with Crippen molar-refractivity contribution in [1.29, 1.82) is 0 Å². The highest BCUT2D eigenvalue weighted by Gasteiger charge is 2.24. The van der Waals surface area contributed by atoms with Crippen molar-refractivity contribution in [3.63, 3.8) is 0 Å². The van der Waals surface area contributed by atoms with Crippen LogP contribution in [0.5, 0.6) is 5.75 Å². The van der Waals surface area contributed by atoms with Gasteiger partial charge in [0, 0.05) is 50.7 Å². The van der Waals surface area contributed by atoms with E-state index in [1.807, 2.05) is 24.6 Å². The highest BCUT2D eigenvalue weighted by molar-refractivity contribution is 6.36. The number of rotatable bonds is 9. The lowest BCUT2D eigenvalue weighted by atomic mass is 9.97. The maximum Gasteiger partial charge on any atom is 0.254 e. The summed E-state index contributed by atoms with van der Waals surface area (Å²) in [5, 5.41) is 16.0. The van der Waals surface area contributed by atoms with Gasteiger partial charge < -0.3 is 25.2 Å². The molecule has 8 nitrogen and oxygen atoms in total. The maximum atomic E-state index is 14.2.